The summed E-state index contributed by atoms with van der Waals surface area (Å²) >= 11 is 0. The number of nitrogens with zero attached hydrogens (tertiary/aromatic N) is 4. The summed E-state index contributed by atoms with van der Waals surface area (Å²) < 4.78 is 91.7. The molecule has 1 saturated heterocycles. The largest absolute Gasteiger partial charge is 0.459 e. The van der Waals surface area contributed by atoms with Crippen LogP contribution in [0.3, 0.4) is 0 Å². The van der Waals surface area contributed by atoms with Crippen LogP contribution in [0.15, 0.2) is 54.6 Å². The van der Waals surface area contributed by atoms with Crippen molar-refractivity contribution in [2.24, 2.45) is 5.92 Å². The lowest BCUT2D eigenvalue weighted by atomic mass is 10.0. The minimum Gasteiger partial charge on any atom is -0.459 e. The molecule has 292 valence electrons. The summed E-state index contributed by atoms with van der Waals surface area (Å²) in [6.45, 7) is 2.28. The minimum absolute atomic E-state index is 0.0520. The van der Waals surface area contributed by atoms with E-state index in [1.54, 1.807) is 6.08 Å². The number of halogens is 4. The second kappa shape index (κ2) is 15.2. The second-order valence-electron chi connectivity index (χ2n) is 14.1. The Balaban J connectivity index is 1.35. The van der Waals surface area contributed by atoms with Crippen LogP contribution in [0.5, 0.6) is 6.01 Å². The van der Waals surface area contributed by atoms with Crippen LogP contribution in [0.2, 0.25) is 0 Å². The number of imidazole rings is 1. The number of aryl methyl sites for hydroxylation is 1. The van der Waals surface area contributed by atoms with E-state index in [2.05, 4.69) is 15.6 Å². The molecular formula is C36H43F4N7O6S. The maximum absolute atomic E-state index is 14.5. The van der Waals surface area contributed by atoms with Crippen molar-refractivity contribution in [2.75, 3.05) is 26.0 Å². The zero-order chi connectivity index (χ0) is 39.0. The van der Waals surface area contributed by atoms with Crippen LogP contribution in [0, 0.1) is 11.7 Å². The standard InChI is InChI=1S/C36H43F4N7O6S/c1-4-46-29-15-11-10-13-27(29)42-34(46)53-26-19-30-31(48)43-35(33(50)44-54(51,52)45(2)3)20-22(35)12-8-6-5-7-9-14-28(32(49)47(30)21-26)41-25-17-23(36(38,39)40)16-24(37)18-25/h8,10-13,15-18,22,26,28,30,41H,4-7,9,14,19-21H2,1-3H3,(H,43,48)(H,44,50)/b12-8-/t22-,26+,28-,30-,35+/m0/s1. The molecule has 1 aliphatic carbocycles. The molecule has 3 N–H and O–H groups in total. The highest BCUT2D eigenvalue weighted by Crippen LogP contribution is 2.46. The van der Waals surface area contributed by atoms with Crippen LogP contribution in [0.1, 0.15) is 57.4 Å². The summed E-state index contributed by atoms with van der Waals surface area (Å²) in [5.41, 5.74) is -1.64. The van der Waals surface area contributed by atoms with Gasteiger partial charge in [-0.1, -0.05) is 37.1 Å². The van der Waals surface area contributed by atoms with Gasteiger partial charge in [-0.2, -0.15) is 30.9 Å². The van der Waals surface area contributed by atoms with E-state index in [9.17, 15) is 40.4 Å². The van der Waals surface area contributed by atoms with Gasteiger partial charge in [0.25, 0.3) is 11.9 Å². The molecule has 3 amide bonds. The molecule has 3 aromatic rings. The van der Waals surface area contributed by atoms with Gasteiger partial charge >= 0.3 is 16.4 Å². The molecule has 13 nitrogen and oxygen atoms in total. The van der Waals surface area contributed by atoms with Crippen LogP contribution >= 0.6 is 0 Å². The first kappa shape index (κ1) is 39.0. The SMILES string of the molecule is CCn1c(O[C@@H]2C[C@H]3C(=O)N[C@]4(C(=O)NS(=O)(=O)N(C)C)C[C@@H]4/C=C\CCCCC[C@H](Nc4cc(F)cc(C(F)(F)F)c4)C(=O)N3C2)nc2ccccc21. The van der Waals surface area contributed by atoms with Crippen molar-refractivity contribution in [3.63, 3.8) is 0 Å². The predicted octanol–water partition coefficient (Wildman–Crippen LogP) is 4.36. The van der Waals surface area contributed by atoms with E-state index in [-0.39, 0.29) is 37.5 Å². The van der Waals surface area contributed by atoms with Gasteiger partial charge in [0.05, 0.1) is 23.1 Å². The number of benzene rings is 2. The molecule has 1 aromatic heterocycles. The molecule has 0 bridgehead atoms. The number of carbonyl (C=O) groups is 3. The Morgan fingerprint density at radius 2 is 1.89 bits per heavy atom. The Morgan fingerprint density at radius 1 is 1.13 bits per heavy atom. The Bertz CT molecular complexity index is 2060. The Hall–Kier alpha value is -4.71. The molecule has 18 heteroatoms. The van der Waals surface area contributed by atoms with E-state index in [0.717, 1.165) is 22.0 Å². The maximum atomic E-state index is 14.5. The van der Waals surface area contributed by atoms with E-state index < -0.39 is 75.1 Å². The highest BCUT2D eigenvalue weighted by molar-refractivity contribution is 7.87. The smallest absolute Gasteiger partial charge is 0.416 e. The molecule has 5 atom stereocenters. The summed E-state index contributed by atoms with van der Waals surface area (Å²) in [5, 5.41) is 5.58. The fourth-order valence-electron chi connectivity index (χ4n) is 7.10. The van der Waals surface area contributed by atoms with Gasteiger partial charge in [-0.05, 0) is 62.9 Å². The molecular weight excluding hydrogens is 734 g/mol. The molecule has 2 aliphatic heterocycles. The topological polar surface area (TPSA) is 155 Å². The van der Waals surface area contributed by atoms with Gasteiger partial charge < -0.3 is 20.3 Å². The molecule has 1 saturated carbocycles. The third-order valence-corrected chi connectivity index (χ3v) is 11.5. The molecule has 54 heavy (non-hydrogen) atoms. The average Bonchev–Trinajstić information content (AvgIpc) is 3.44. The number of fused-ring (bicyclic) bond motifs is 3. The summed E-state index contributed by atoms with van der Waals surface area (Å²) in [6.07, 6.45) is 0.557. The number of amides is 3. The Kier molecular flexibility index (Phi) is 11.0. The third-order valence-electron chi connectivity index (χ3n) is 10.1. The Labute approximate surface area is 310 Å². The predicted molar refractivity (Wildman–Crippen MR) is 191 cm³/mol. The number of allylic oxidation sites excluding steroid dienone is 1. The number of nitrogens with one attached hydrogen (secondary N) is 3. The zero-order valence-corrected chi connectivity index (χ0v) is 30.8. The van der Waals surface area contributed by atoms with Crippen molar-refractivity contribution in [1.29, 1.82) is 0 Å². The van der Waals surface area contributed by atoms with Crippen molar-refractivity contribution >= 4 is 44.7 Å². The van der Waals surface area contributed by atoms with E-state index in [4.69, 9.17) is 4.74 Å². The maximum Gasteiger partial charge on any atom is 0.416 e. The normalized spacial score (nSPS) is 26.0. The van der Waals surface area contributed by atoms with Gasteiger partial charge in [-0.3, -0.25) is 19.0 Å². The first-order chi connectivity index (χ1) is 25.5. The van der Waals surface area contributed by atoms with Crippen LogP contribution in [-0.2, 0) is 37.3 Å². The second-order valence-corrected chi connectivity index (χ2v) is 16.0. The number of carbonyl (C=O) groups excluding carboxylic acids is 3. The van der Waals surface area contributed by atoms with E-state index in [0.29, 0.717) is 43.8 Å². The fraction of sp³-hybridized carbons (Fsp3) is 0.500. The molecule has 0 spiro atoms. The van der Waals surface area contributed by atoms with Crippen LogP contribution < -0.4 is 20.1 Å². The molecule has 2 aromatic carbocycles. The number of para-hydroxylation sites is 2. The molecule has 3 aliphatic rings. The molecule has 2 fully saturated rings. The van der Waals surface area contributed by atoms with Crippen molar-refractivity contribution in [3.05, 3.63) is 66.0 Å². The quantitative estimate of drug-likeness (QED) is 0.225. The number of alkyl halides is 3. The summed E-state index contributed by atoms with van der Waals surface area (Å²) in [7, 11) is -1.72. The highest BCUT2D eigenvalue weighted by atomic mass is 32.2. The zero-order valence-electron chi connectivity index (χ0n) is 30.0. The molecule has 0 unspecified atom stereocenters. The van der Waals surface area contributed by atoms with Gasteiger partial charge in [0.15, 0.2) is 0 Å². The van der Waals surface area contributed by atoms with Crippen molar-refractivity contribution in [3.8, 4) is 6.01 Å². The number of ether oxygens (including phenoxy) is 1. The number of rotatable bonds is 8. The fourth-order valence-corrected chi connectivity index (χ4v) is 7.70. The number of hydrogen-bond donors (Lipinski definition) is 3. The molecule has 3 heterocycles. The van der Waals surface area contributed by atoms with Crippen LogP contribution in [-0.4, -0.2) is 89.3 Å². The minimum atomic E-state index is -4.84. The lowest BCUT2D eigenvalue weighted by Crippen LogP contribution is -2.58. The van der Waals surface area contributed by atoms with Crippen molar-refractivity contribution in [1.82, 2.24) is 28.8 Å². The van der Waals surface area contributed by atoms with E-state index in [1.807, 2.05) is 46.6 Å². The van der Waals surface area contributed by atoms with Crippen molar-refractivity contribution in [2.45, 2.75) is 88.3 Å². The third kappa shape index (κ3) is 8.18. The van der Waals surface area contributed by atoms with Gasteiger partial charge in [-0.15, -0.1) is 0 Å². The first-order valence-electron chi connectivity index (χ1n) is 17.8. The lowest BCUT2D eigenvalue weighted by Gasteiger charge is -2.30. The van der Waals surface area contributed by atoms with E-state index >= 15 is 0 Å². The van der Waals surface area contributed by atoms with Crippen LogP contribution in [0.25, 0.3) is 11.0 Å². The summed E-state index contributed by atoms with van der Waals surface area (Å²) in [4.78, 5) is 48.3. The summed E-state index contributed by atoms with van der Waals surface area (Å²) in [6, 6.07) is 7.19. The van der Waals surface area contributed by atoms with Gasteiger partial charge in [0, 0.05) is 38.7 Å². The Morgan fingerprint density at radius 3 is 2.61 bits per heavy atom. The van der Waals surface area contributed by atoms with Gasteiger partial charge in [0.2, 0.25) is 11.8 Å². The molecule has 0 radical (unpaired) electrons. The summed E-state index contributed by atoms with van der Waals surface area (Å²) in [5.74, 6) is -4.00. The monoisotopic (exact) mass is 777 g/mol. The van der Waals surface area contributed by atoms with Crippen LogP contribution in [0.4, 0.5) is 23.2 Å². The average molecular weight is 778 g/mol. The number of anilines is 1. The molecule has 6 rings (SSSR count). The number of aromatic nitrogens is 2. The van der Waals surface area contributed by atoms with Crippen molar-refractivity contribution < 1.29 is 45.1 Å². The lowest BCUT2D eigenvalue weighted by molar-refractivity contribution is -0.140. The van der Waals surface area contributed by atoms with E-state index in [1.165, 1.54) is 19.0 Å². The van der Waals surface area contributed by atoms with Gasteiger partial charge in [-0.25, -0.2) is 9.11 Å². The van der Waals surface area contributed by atoms with Gasteiger partial charge in [0.1, 0.15) is 29.5 Å². The first-order valence-corrected chi connectivity index (χ1v) is 19.3. The highest BCUT2D eigenvalue weighted by Gasteiger charge is 2.61. The number of hydrogen-bond acceptors (Lipinski definition) is 8.